The summed E-state index contributed by atoms with van der Waals surface area (Å²) in [5.74, 6) is 0.603. The number of hydrogen-bond donors (Lipinski definition) is 0. The Hall–Kier alpha value is -3.32. The Balaban J connectivity index is 1.96. The van der Waals surface area contributed by atoms with Crippen LogP contribution in [0.25, 0.3) is 11.3 Å². The number of anilines is 1. The molecule has 0 fully saturated rings. The maximum absolute atomic E-state index is 13.0. The number of carbonyl (C=O) groups excluding carboxylic acids is 1. The molecule has 0 N–H and O–H groups in total. The summed E-state index contributed by atoms with van der Waals surface area (Å²) in [6, 6.07) is 15.7. The van der Waals surface area contributed by atoms with Crippen LogP contribution in [0.15, 0.2) is 60.9 Å². The van der Waals surface area contributed by atoms with E-state index in [0.717, 1.165) is 22.5 Å². The third-order valence-electron chi connectivity index (χ3n) is 4.63. The number of carbonyl (C=O) groups is 1. The van der Waals surface area contributed by atoms with Gasteiger partial charge in [0, 0.05) is 45.7 Å². The molecule has 3 aromatic rings. The number of rotatable bonds is 9. The highest BCUT2D eigenvalue weighted by molar-refractivity contribution is 5.76. The molecule has 0 spiro atoms. The number of benzene rings is 1. The van der Waals surface area contributed by atoms with E-state index in [4.69, 9.17) is 9.72 Å². The standard InChI is InChI=1S/C23H27N5O2/c1-27(2)23-25-15-19(20-11-7-8-13-24-20)21(26-23)17-28(22(29)12-14-30-3)16-18-9-5-4-6-10-18/h4-11,13,15H,12,14,16-17H2,1-3H3. The highest BCUT2D eigenvalue weighted by atomic mass is 16.5. The lowest BCUT2D eigenvalue weighted by molar-refractivity contribution is -0.133. The summed E-state index contributed by atoms with van der Waals surface area (Å²) in [5.41, 5.74) is 3.42. The van der Waals surface area contributed by atoms with Crippen LogP contribution in [0.4, 0.5) is 5.95 Å². The maximum Gasteiger partial charge on any atom is 0.225 e. The Morgan fingerprint density at radius 2 is 1.77 bits per heavy atom. The Morgan fingerprint density at radius 3 is 2.43 bits per heavy atom. The van der Waals surface area contributed by atoms with E-state index >= 15 is 0 Å². The minimum Gasteiger partial charge on any atom is -0.384 e. The van der Waals surface area contributed by atoms with Crippen molar-refractivity contribution in [3.63, 3.8) is 0 Å². The van der Waals surface area contributed by atoms with Crippen LogP contribution in [0.5, 0.6) is 0 Å². The fourth-order valence-corrected chi connectivity index (χ4v) is 3.04. The molecule has 0 saturated carbocycles. The predicted octanol–water partition coefficient (Wildman–Crippen LogP) is 3.17. The van der Waals surface area contributed by atoms with Crippen LogP contribution in [-0.2, 0) is 22.6 Å². The summed E-state index contributed by atoms with van der Waals surface area (Å²) in [6.45, 7) is 1.23. The SMILES string of the molecule is COCCC(=O)N(Cc1ccccc1)Cc1nc(N(C)C)ncc1-c1ccccn1. The Bertz CT molecular complexity index is 948. The molecule has 0 aliphatic heterocycles. The van der Waals surface area contributed by atoms with Gasteiger partial charge in [-0.2, -0.15) is 0 Å². The highest BCUT2D eigenvalue weighted by Gasteiger charge is 2.19. The number of methoxy groups -OCH3 is 1. The molecule has 1 amide bonds. The lowest BCUT2D eigenvalue weighted by Crippen LogP contribution is -2.31. The number of nitrogens with zero attached hydrogens (tertiary/aromatic N) is 5. The molecule has 0 unspecified atom stereocenters. The van der Waals surface area contributed by atoms with Crippen LogP contribution in [-0.4, -0.2) is 53.6 Å². The molecule has 0 aliphatic carbocycles. The summed E-state index contributed by atoms with van der Waals surface area (Å²) < 4.78 is 5.12. The lowest BCUT2D eigenvalue weighted by atomic mass is 10.1. The van der Waals surface area contributed by atoms with Gasteiger partial charge in [0.15, 0.2) is 0 Å². The Labute approximate surface area is 177 Å². The van der Waals surface area contributed by atoms with E-state index < -0.39 is 0 Å². The van der Waals surface area contributed by atoms with Crippen LogP contribution in [0.3, 0.4) is 0 Å². The Kier molecular flexibility index (Phi) is 7.45. The Morgan fingerprint density at radius 1 is 1.00 bits per heavy atom. The summed E-state index contributed by atoms with van der Waals surface area (Å²) >= 11 is 0. The molecule has 2 heterocycles. The van der Waals surface area contributed by atoms with Crippen LogP contribution < -0.4 is 4.90 Å². The lowest BCUT2D eigenvalue weighted by Gasteiger charge is -2.24. The van der Waals surface area contributed by atoms with Gasteiger partial charge < -0.3 is 14.5 Å². The van der Waals surface area contributed by atoms with Crippen LogP contribution >= 0.6 is 0 Å². The van der Waals surface area contributed by atoms with Gasteiger partial charge in [0.05, 0.1) is 31.0 Å². The van der Waals surface area contributed by atoms with Crippen molar-refractivity contribution in [2.75, 3.05) is 32.7 Å². The fraction of sp³-hybridized carbons (Fsp3) is 0.304. The molecule has 0 radical (unpaired) electrons. The van der Waals surface area contributed by atoms with Crippen molar-refractivity contribution in [1.82, 2.24) is 19.9 Å². The van der Waals surface area contributed by atoms with Gasteiger partial charge in [-0.3, -0.25) is 9.78 Å². The van der Waals surface area contributed by atoms with Gasteiger partial charge in [-0.15, -0.1) is 0 Å². The average Bonchev–Trinajstić information content (AvgIpc) is 2.78. The number of hydrogen-bond acceptors (Lipinski definition) is 6. The number of aromatic nitrogens is 3. The van der Waals surface area contributed by atoms with Gasteiger partial charge in [-0.05, 0) is 17.7 Å². The van der Waals surface area contributed by atoms with Crippen molar-refractivity contribution < 1.29 is 9.53 Å². The highest BCUT2D eigenvalue weighted by Crippen LogP contribution is 2.23. The topological polar surface area (TPSA) is 71.5 Å². The maximum atomic E-state index is 13.0. The molecule has 0 saturated heterocycles. The van der Waals surface area contributed by atoms with Gasteiger partial charge in [0.25, 0.3) is 0 Å². The third kappa shape index (κ3) is 5.61. The number of amides is 1. The van der Waals surface area contributed by atoms with Crippen molar-refractivity contribution in [3.8, 4) is 11.3 Å². The second-order valence-electron chi connectivity index (χ2n) is 7.12. The molecular formula is C23H27N5O2. The molecule has 1 aromatic carbocycles. The van der Waals surface area contributed by atoms with Crippen molar-refractivity contribution in [1.29, 1.82) is 0 Å². The van der Waals surface area contributed by atoms with Crippen molar-refractivity contribution in [2.24, 2.45) is 0 Å². The molecule has 3 rings (SSSR count). The first kappa shape index (κ1) is 21.4. The first-order chi connectivity index (χ1) is 14.6. The van der Waals surface area contributed by atoms with Gasteiger partial charge in [0.1, 0.15) is 0 Å². The number of pyridine rings is 1. The minimum atomic E-state index is 0.0117. The molecule has 2 aromatic heterocycles. The molecule has 0 bridgehead atoms. The molecule has 0 aliphatic rings. The fourth-order valence-electron chi connectivity index (χ4n) is 3.04. The van der Waals surface area contributed by atoms with E-state index in [1.54, 1.807) is 19.5 Å². The van der Waals surface area contributed by atoms with Crippen molar-refractivity contribution >= 4 is 11.9 Å². The quantitative estimate of drug-likeness (QED) is 0.545. The van der Waals surface area contributed by atoms with Crippen molar-refractivity contribution in [3.05, 3.63) is 72.2 Å². The van der Waals surface area contributed by atoms with Gasteiger partial charge in [-0.25, -0.2) is 9.97 Å². The summed E-state index contributed by atoms with van der Waals surface area (Å²) in [7, 11) is 5.39. The van der Waals surface area contributed by atoms with Crippen LogP contribution in [0.1, 0.15) is 17.7 Å². The third-order valence-corrected chi connectivity index (χ3v) is 4.63. The molecule has 156 valence electrons. The van der Waals surface area contributed by atoms with E-state index in [9.17, 15) is 4.79 Å². The second kappa shape index (κ2) is 10.5. The largest absolute Gasteiger partial charge is 0.384 e. The van der Waals surface area contributed by atoms with Crippen molar-refractivity contribution in [2.45, 2.75) is 19.5 Å². The summed E-state index contributed by atoms with van der Waals surface area (Å²) in [6.07, 6.45) is 3.83. The van der Waals surface area contributed by atoms with E-state index in [1.807, 2.05) is 72.4 Å². The van der Waals surface area contributed by atoms with Gasteiger partial charge in [-0.1, -0.05) is 36.4 Å². The van der Waals surface area contributed by atoms with Crippen LogP contribution in [0, 0.1) is 0 Å². The summed E-state index contributed by atoms with van der Waals surface area (Å²) in [5, 5.41) is 0. The van der Waals surface area contributed by atoms with Gasteiger partial charge >= 0.3 is 0 Å². The molecule has 30 heavy (non-hydrogen) atoms. The number of ether oxygens (including phenoxy) is 1. The van der Waals surface area contributed by atoms with E-state index in [1.165, 1.54) is 0 Å². The van der Waals surface area contributed by atoms with E-state index in [-0.39, 0.29) is 5.91 Å². The summed E-state index contributed by atoms with van der Waals surface area (Å²) in [4.78, 5) is 30.3. The molecule has 7 heteroatoms. The zero-order valence-corrected chi connectivity index (χ0v) is 17.7. The predicted molar refractivity (Wildman–Crippen MR) is 117 cm³/mol. The van der Waals surface area contributed by atoms with Crippen LogP contribution in [0.2, 0.25) is 0 Å². The second-order valence-corrected chi connectivity index (χ2v) is 7.12. The first-order valence-electron chi connectivity index (χ1n) is 9.83. The molecule has 7 nitrogen and oxygen atoms in total. The molecule has 0 atom stereocenters. The zero-order valence-electron chi connectivity index (χ0n) is 17.7. The normalized spacial score (nSPS) is 10.6. The monoisotopic (exact) mass is 405 g/mol. The minimum absolute atomic E-state index is 0.0117. The van der Waals surface area contributed by atoms with Gasteiger partial charge in [0.2, 0.25) is 11.9 Å². The molecular weight excluding hydrogens is 378 g/mol. The zero-order chi connectivity index (χ0) is 21.3. The van der Waals surface area contributed by atoms with E-state index in [0.29, 0.717) is 32.1 Å². The average molecular weight is 406 g/mol. The van der Waals surface area contributed by atoms with E-state index in [2.05, 4.69) is 9.97 Å². The smallest absolute Gasteiger partial charge is 0.225 e. The first-order valence-corrected chi connectivity index (χ1v) is 9.83.